The van der Waals surface area contributed by atoms with Crippen LogP contribution in [0.1, 0.15) is 29.5 Å². The van der Waals surface area contributed by atoms with E-state index in [9.17, 15) is 4.79 Å². The van der Waals surface area contributed by atoms with Gasteiger partial charge in [-0.25, -0.2) is 4.98 Å². The monoisotopic (exact) mass is 297 g/mol. The maximum Gasteiger partial charge on any atom is 0.223 e. The predicted octanol–water partition coefficient (Wildman–Crippen LogP) is 3.10. The lowest BCUT2D eigenvalue weighted by molar-refractivity contribution is -0.122. The van der Waals surface area contributed by atoms with Gasteiger partial charge >= 0.3 is 0 Å². The van der Waals surface area contributed by atoms with Crippen molar-refractivity contribution in [2.75, 3.05) is 18.4 Å². The van der Waals surface area contributed by atoms with Crippen molar-refractivity contribution in [3.8, 4) is 0 Å². The Balaban J connectivity index is 1.66. The summed E-state index contributed by atoms with van der Waals surface area (Å²) in [6, 6.07) is 6.48. The molecule has 1 saturated carbocycles. The second-order valence-corrected chi connectivity index (χ2v) is 6.28. The van der Waals surface area contributed by atoms with Gasteiger partial charge in [-0.15, -0.1) is 0 Å². The first kappa shape index (κ1) is 14.8. The number of nitrogens with one attached hydrogen (secondary N) is 2. The summed E-state index contributed by atoms with van der Waals surface area (Å²) in [5.41, 5.74) is 4.69. The first-order valence-corrected chi connectivity index (χ1v) is 7.95. The quantitative estimate of drug-likeness (QED) is 0.834. The van der Waals surface area contributed by atoms with Crippen LogP contribution in [0.2, 0.25) is 0 Å². The molecule has 4 nitrogen and oxygen atoms in total. The molecule has 2 aromatic rings. The molecule has 4 heteroatoms. The van der Waals surface area contributed by atoms with Crippen molar-refractivity contribution < 1.29 is 4.79 Å². The zero-order chi connectivity index (χ0) is 15.7. The van der Waals surface area contributed by atoms with Crippen molar-refractivity contribution in [3.05, 3.63) is 34.9 Å². The summed E-state index contributed by atoms with van der Waals surface area (Å²) in [5, 5.41) is 7.46. The van der Waals surface area contributed by atoms with E-state index in [0.717, 1.165) is 29.7 Å². The number of pyridine rings is 1. The zero-order valence-corrected chi connectivity index (χ0v) is 13.5. The van der Waals surface area contributed by atoms with Gasteiger partial charge in [-0.2, -0.15) is 0 Å². The Hall–Kier alpha value is -2.10. The molecule has 1 heterocycles. The van der Waals surface area contributed by atoms with Gasteiger partial charge in [0.15, 0.2) is 0 Å². The van der Waals surface area contributed by atoms with E-state index in [2.05, 4.69) is 49.6 Å². The van der Waals surface area contributed by atoms with Crippen molar-refractivity contribution in [2.45, 2.75) is 33.6 Å². The molecule has 1 aromatic carbocycles. The third-order valence-electron chi connectivity index (χ3n) is 4.29. The zero-order valence-electron chi connectivity index (χ0n) is 13.5. The molecule has 0 atom stereocenters. The van der Waals surface area contributed by atoms with Gasteiger partial charge in [0.25, 0.3) is 0 Å². The van der Waals surface area contributed by atoms with Gasteiger partial charge < -0.3 is 10.6 Å². The van der Waals surface area contributed by atoms with Gasteiger partial charge in [0.05, 0.1) is 5.52 Å². The number of fused-ring (bicyclic) bond motifs is 1. The maximum atomic E-state index is 11.6. The molecule has 1 fully saturated rings. The summed E-state index contributed by atoms with van der Waals surface area (Å²) in [5.74, 6) is 1.36. The molecule has 0 radical (unpaired) electrons. The van der Waals surface area contributed by atoms with Crippen molar-refractivity contribution in [1.82, 2.24) is 10.3 Å². The van der Waals surface area contributed by atoms with E-state index in [4.69, 9.17) is 4.98 Å². The number of nitrogens with zero attached hydrogens (tertiary/aromatic N) is 1. The number of aromatic nitrogens is 1. The minimum atomic E-state index is 0.191. The lowest BCUT2D eigenvalue weighted by Gasteiger charge is -2.12. The number of amides is 1. The number of hydrogen-bond donors (Lipinski definition) is 2. The van der Waals surface area contributed by atoms with E-state index in [-0.39, 0.29) is 11.8 Å². The number of anilines is 1. The van der Waals surface area contributed by atoms with Crippen LogP contribution >= 0.6 is 0 Å². The number of carbonyl (C=O) groups excluding carboxylic acids is 1. The molecule has 1 aliphatic rings. The van der Waals surface area contributed by atoms with Crippen LogP contribution in [0.15, 0.2) is 18.2 Å². The Kier molecular flexibility index (Phi) is 4.01. The molecule has 2 N–H and O–H groups in total. The molecule has 0 aliphatic heterocycles. The van der Waals surface area contributed by atoms with Gasteiger partial charge in [-0.1, -0.05) is 0 Å². The molecule has 0 bridgehead atoms. The summed E-state index contributed by atoms with van der Waals surface area (Å²) < 4.78 is 0. The summed E-state index contributed by atoms with van der Waals surface area (Å²) in [7, 11) is 0. The molecule has 0 spiro atoms. The van der Waals surface area contributed by atoms with E-state index < -0.39 is 0 Å². The minimum absolute atomic E-state index is 0.191. The van der Waals surface area contributed by atoms with Crippen LogP contribution < -0.4 is 10.6 Å². The van der Waals surface area contributed by atoms with Gasteiger partial charge in [-0.05, 0) is 68.5 Å². The molecule has 1 amide bonds. The Bertz CT molecular complexity index is 720. The molecule has 1 aromatic heterocycles. The number of carbonyl (C=O) groups is 1. The minimum Gasteiger partial charge on any atom is -0.368 e. The van der Waals surface area contributed by atoms with Crippen LogP contribution in [0.3, 0.4) is 0 Å². The Morgan fingerprint density at radius 1 is 1.09 bits per heavy atom. The number of rotatable bonds is 5. The van der Waals surface area contributed by atoms with Crippen LogP contribution in [0.4, 0.5) is 5.82 Å². The summed E-state index contributed by atoms with van der Waals surface area (Å²) in [6.07, 6.45) is 2.09. The summed E-state index contributed by atoms with van der Waals surface area (Å²) >= 11 is 0. The van der Waals surface area contributed by atoms with E-state index in [0.29, 0.717) is 13.1 Å². The normalized spacial score (nSPS) is 14.1. The fraction of sp³-hybridized carbons (Fsp3) is 0.444. The molecule has 1 aliphatic carbocycles. The van der Waals surface area contributed by atoms with E-state index in [1.54, 1.807) is 0 Å². The fourth-order valence-electron chi connectivity index (χ4n) is 2.58. The first-order chi connectivity index (χ1) is 10.5. The van der Waals surface area contributed by atoms with Crippen LogP contribution in [0.5, 0.6) is 0 Å². The number of hydrogen-bond acceptors (Lipinski definition) is 3. The molecule has 22 heavy (non-hydrogen) atoms. The number of benzene rings is 1. The highest BCUT2D eigenvalue weighted by molar-refractivity contribution is 5.83. The largest absolute Gasteiger partial charge is 0.368 e. The van der Waals surface area contributed by atoms with Crippen LogP contribution in [0.25, 0.3) is 10.9 Å². The van der Waals surface area contributed by atoms with Crippen molar-refractivity contribution in [1.29, 1.82) is 0 Å². The second-order valence-electron chi connectivity index (χ2n) is 6.28. The van der Waals surface area contributed by atoms with Crippen molar-refractivity contribution >= 4 is 22.6 Å². The second kappa shape index (κ2) is 5.95. The maximum absolute atomic E-state index is 11.6. The van der Waals surface area contributed by atoms with Crippen molar-refractivity contribution in [3.63, 3.8) is 0 Å². The fourth-order valence-corrected chi connectivity index (χ4v) is 2.58. The molecular formula is C18H23N3O. The third kappa shape index (κ3) is 3.21. The van der Waals surface area contributed by atoms with Gasteiger partial charge in [0.1, 0.15) is 5.82 Å². The smallest absolute Gasteiger partial charge is 0.223 e. The molecule has 3 rings (SSSR count). The third-order valence-corrected chi connectivity index (χ3v) is 4.29. The number of aryl methyl sites for hydroxylation is 3. The van der Waals surface area contributed by atoms with Crippen molar-refractivity contribution in [2.24, 2.45) is 5.92 Å². The molecular weight excluding hydrogens is 274 g/mol. The van der Waals surface area contributed by atoms with Crippen LogP contribution in [-0.4, -0.2) is 24.0 Å². The lowest BCUT2D eigenvalue weighted by Crippen LogP contribution is -2.30. The van der Waals surface area contributed by atoms with Gasteiger partial charge in [-0.3, -0.25) is 4.79 Å². The van der Waals surface area contributed by atoms with E-state index >= 15 is 0 Å². The predicted molar refractivity (Wildman–Crippen MR) is 90.2 cm³/mol. The van der Waals surface area contributed by atoms with E-state index in [1.165, 1.54) is 16.5 Å². The summed E-state index contributed by atoms with van der Waals surface area (Å²) in [6.45, 7) is 7.63. The average Bonchev–Trinajstić information content (AvgIpc) is 3.30. The Morgan fingerprint density at radius 3 is 2.50 bits per heavy atom. The van der Waals surface area contributed by atoms with Crippen LogP contribution in [0, 0.1) is 26.7 Å². The molecule has 0 unspecified atom stereocenters. The molecule has 0 saturated heterocycles. The van der Waals surface area contributed by atoms with Crippen LogP contribution in [-0.2, 0) is 4.79 Å². The topological polar surface area (TPSA) is 54.0 Å². The lowest BCUT2D eigenvalue weighted by atomic mass is 10.1. The van der Waals surface area contributed by atoms with E-state index in [1.807, 2.05) is 0 Å². The van der Waals surface area contributed by atoms with Gasteiger partial charge in [0, 0.05) is 24.4 Å². The standard InChI is InChI=1S/C18H23N3O/c1-11-8-15-9-13(3)17(21-16(15)10-12(11)2)19-6-7-20-18(22)14-4-5-14/h8-10,14H,4-7H2,1-3H3,(H,19,21)(H,20,22). The highest BCUT2D eigenvalue weighted by Crippen LogP contribution is 2.28. The Labute approximate surface area is 131 Å². The Morgan fingerprint density at radius 2 is 1.77 bits per heavy atom. The SMILES string of the molecule is Cc1cc2cc(C)c(NCCNC(=O)C3CC3)nc2cc1C. The molecule has 116 valence electrons. The first-order valence-electron chi connectivity index (χ1n) is 7.95. The average molecular weight is 297 g/mol. The van der Waals surface area contributed by atoms with Gasteiger partial charge in [0.2, 0.25) is 5.91 Å². The highest BCUT2D eigenvalue weighted by atomic mass is 16.2. The summed E-state index contributed by atoms with van der Waals surface area (Å²) in [4.78, 5) is 16.3. The highest BCUT2D eigenvalue weighted by Gasteiger charge is 2.28.